The molecule has 0 atom stereocenters. The zero-order valence-electron chi connectivity index (χ0n) is 16.7. The Morgan fingerprint density at radius 2 is 2.07 bits per heavy atom. The van der Waals surface area contributed by atoms with Crippen molar-refractivity contribution < 1.29 is 18.3 Å². The zero-order valence-corrected chi connectivity index (χ0v) is 18.3. The van der Waals surface area contributed by atoms with Crippen molar-refractivity contribution in [3.8, 4) is 5.75 Å². The van der Waals surface area contributed by atoms with Gasteiger partial charge in [-0.2, -0.15) is 5.10 Å². The number of hydrogen-bond donors (Lipinski definition) is 1. The van der Waals surface area contributed by atoms with Gasteiger partial charge in [-0.15, -0.1) is 0 Å². The minimum Gasteiger partial charge on any atom is -0.487 e. The highest BCUT2D eigenvalue weighted by molar-refractivity contribution is 9.10. The van der Waals surface area contributed by atoms with Crippen LogP contribution in [0.25, 0.3) is 0 Å². The van der Waals surface area contributed by atoms with Gasteiger partial charge in [-0.05, 0) is 41.1 Å². The maximum atomic E-state index is 13.8. The molecule has 10 heteroatoms. The number of rotatable bonds is 7. The Balaban J connectivity index is 2.23. The van der Waals surface area contributed by atoms with Crippen LogP contribution in [-0.2, 0) is 13.2 Å². The first kappa shape index (κ1) is 23.3. The molecule has 0 aliphatic carbocycles. The van der Waals surface area contributed by atoms with Gasteiger partial charge in [-0.25, -0.2) is 19.0 Å². The molecule has 1 aromatic carbocycles. The molecule has 0 fully saturated rings. The molecule has 1 N–H and O–H groups in total. The maximum absolute atomic E-state index is 13.8. The van der Waals surface area contributed by atoms with Crippen molar-refractivity contribution >= 4 is 27.7 Å². The number of benzene rings is 1. The minimum atomic E-state index is -0.734. The summed E-state index contributed by atoms with van der Waals surface area (Å²) in [7, 11) is 3.14. The first-order valence-electron chi connectivity index (χ1n) is 8.77. The molecule has 0 radical (unpaired) electrons. The SMILES string of the molecule is C=C/C(Cn1c(C)cc(OCc2ccc(F)cc2F)c(Br)c1=O)=N\NC(=O)N(C)C. The molecule has 160 valence electrons. The van der Waals surface area contributed by atoms with Gasteiger partial charge in [-0.3, -0.25) is 4.79 Å². The third kappa shape index (κ3) is 5.76. The number of amides is 2. The summed E-state index contributed by atoms with van der Waals surface area (Å²) in [6.07, 6.45) is 1.43. The van der Waals surface area contributed by atoms with E-state index in [4.69, 9.17) is 4.74 Å². The predicted octanol–water partition coefficient (Wildman–Crippen LogP) is 3.59. The van der Waals surface area contributed by atoms with E-state index in [0.717, 1.165) is 12.1 Å². The molecule has 1 aromatic heterocycles. The fourth-order valence-electron chi connectivity index (χ4n) is 2.34. The highest BCUT2D eigenvalue weighted by Crippen LogP contribution is 2.24. The molecule has 0 unspecified atom stereocenters. The van der Waals surface area contributed by atoms with Crippen molar-refractivity contribution in [1.82, 2.24) is 14.9 Å². The molecule has 2 amide bonds. The summed E-state index contributed by atoms with van der Waals surface area (Å²) in [6, 6.07) is 4.36. The predicted molar refractivity (Wildman–Crippen MR) is 114 cm³/mol. The van der Waals surface area contributed by atoms with Crippen LogP contribution in [0.2, 0.25) is 0 Å². The Hall–Kier alpha value is -3.01. The van der Waals surface area contributed by atoms with Gasteiger partial charge in [0.15, 0.2) is 0 Å². The summed E-state index contributed by atoms with van der Waals surface area (Å²) in [5, 5.41) is 3.96. The molecule has 1 heterocycles. The smallest absolute Gasteiger partial charge is 0.337 e. The number of urea groups is 1. The van der Waals surface area contributed by atoms with Gasteiger partial charge in [0.05, 0.1) is 12.3 Å². The second-order valence-electron chi connectivity index (χ2n) is 6.50. The lowest BCUT2D eigenvalue weighted by Crippen LogP contribution is -2.33. The van der Waals surface area contributed by atoms with Gasteiger partial charge in [0.2, 0.25) is 0 Å². The van der Waals surface area contributed by atoms with E-state index in [0.29, 0.717) is 11.4 Å². The second kappa shape index (κ2) is 10.1. The molecular formula is C20H21BrF2N4O3. The Bertz CT molecular complexity index is 1050. The van der Waals surface area contributed by atoms with Gasteiger partial charge in [0.25, 0.3) is 5.56 Å². The molecule has 0 spiro atoms. The summed E-state index contributed by atoms with van der Waals surface area (Å²) < 4.78 is 33.9. The number of halogens is 3. The number of aryl methyl sites for hydroxylation is 1. The van der Waals surface area contributed by atoms with E-state index in [9.17, 15) is 18.4 Å². The van der Waals surface area contributed by atoms with Gasteiger partial charge < -0.3 is 14.2 Å². The van der Waals surface area contributed by atoms with Crippen LogP contribution in [0.1, 0.15) is 11.3 Å². The Kier molecular flexibility index (Phi) is 7.87. The van der Waals surface area contributed by atoms with Crippen LogP contribution >= 0.6 is 15.9 Å². The molecule has 2 aromatic rings. The summed E-state index contributed by atoms with van der Waals surface area (Å²) in [5.41, 5.74) is 3.02. The molecule has 0 bridgehead atoms. The van der Waals surface area contributed by atoms with Crippen LogP contribution in [0, 0.1) is 18.6 Å². The highest BCUT2D eigenvalue weighted by Gasteiger charge is 2.14. The van der Waals surface area contributed by atoms with Crippen molar-refractivity contribution in [3.63, 3.8) is 0 Å². The van der Waals surface area contributed by atoms with Crippen LogP contribution in [0.4, 0.5) is 13.6 Å². The third-order valence-electron chi connectivity index (χ3n) is 4.07. The number of hydrazone groups is 1. The fourth-order valence-corrected chi connectivity index (χ4v) is 2.78. The van der Waals surface area contributed by atoms with Crippen molar-refractivity contribution in [2.24, 2.45) is 5.10 Å². The number of pyridine rings is 1. The van der Waals surface area contributed by atoms with E-state index in [-0.39, 0.29) is 28.9 Å². The molecular weight excluding hydrogens is 462 g/mol. The van der Waals surface area contributed by atoms with Crippen molar-refractivity contribution in [1.29, 1.82) is 0 Å². The topological polar surface area (TPSA) is 75.9 Å². The number of hydrogen-bond acceptors (Lipinski definition) is 4. The summed E-state index contributed by atoms with van der Waals surface area (Å²) in [4.78, 5) is 25.7. The van der Waals surface area contributed by atoms with Crippen LogP contribution in [0.5, 0.6) is 5.75 Å². The average Bonchev–Trinajstić information content (AvgIpc) is 2.69. The Morgan fingerprint density at radius 3 is 2.67 bits per heavy atom. The standard InChI is InChI=1S/C20H21BrF2N4O3/c1-5-15(24-25-20(29)26(3)4)10-27-12(2)8-17(18(21)19(27)28)30-11-13-6-7-14(22)9-16(13)23/h5-9H,1,10-11H2,2-4H3,(H,25,29)/b24-15+. The van der Waals surface area contributed by atoms with E-state index >= 15 is 0 Å². The van der Waals surface area contributed by atoms with Crippen molar-refractivity contribution in [2.45, 2.75) is 20.1 Å². The summed E-state index contributed by atoms with van der Waals surface area (Å²) in [6.45, 7) is 5.23. The lowest BCUT2D eigenvalue weighted by molar-refractivity contribution is 0.218. The van der Waals surface area contributed by atoms with Crippen molar-refractivity contribution in [2.75, 3.05) is 14.1 Å². The van der Waals surface area contributed by atoms with Crippen LogP contribution in [0.15, 0.2) is 51.3 Å². The monoisotopic (exact) mass is 482 g/mol. The van der Waals surface area contributed by atoms with E-state index < -0.39 is 23.2 Å². The normalized spacial score (nSPS) is 11.2. The Labute approximate surface area is 180 Å². The van der Waals surface area contributed by atoms with Crippen LogP contribution in [0.3, 0.4) is 0 Å². The van der Waals surface area contributed by atoms with E-state index in [1.165, 1.54) is 21.6 Å². The number of carbonyl (C=O) groups excluding carboxylic acids is 1. The molecule has 7 nitrogen and oxygen atoms in total. The molecule has 0 aliphatic heterocycles. The van der Waals surface area contributed by atoms with Crippen molar-refractivity contribution in [3.05, 3.63) is 74.6 Å². The largest absolute Gasteiger partial charge is 0.487 e. The maximum Gasteiger partial charge on any atom is 0.337 e. The molecule has 0 saturated heterocycles. The Morgan fingerprint density at radius 1 is 1.37 bits per heavy atom. The second-order valence-corrected chi connectivity index (χ2v) is 7.29. The van der Waals surface area contributed by atoms with Gasteiger partial charge in [0.1, 0.15) is 28.5 Å². The number of nitrogens with zero attached hydrogens (tertiary/aromatic N) is 3. The van der Waals surface area contributed by atoms with E-state index in [2.05, 4.69) is 33.0 Å². The van der Waals surface area contributed by atoms with E-state index in [1.54, 1.807) is 27.1 Å². The third-order valence-corrected chi connectivity index (χ3v) is 4.80. The summed E-state index contributed by atoms with van der Waals surface area (Å²) in [5.74, 6) is -1.20. The van der Waals surface area contributed by atoms with Gasteiger partial charge in [0, 0.05) is 37.5 Å². The lowest BCUT2D eigenvalue weighted by Gasteiger charge is -2.15. The quantitative estimate of drug-likeness (QED) is 0.483. The number of ether oxygens (including phenoxy) is 1. The molecule has 2 rings (SSSR count). The first-order chi connectivity index (χ1) is 14.1. The summed E-state index contributed by atoms with van der Waals surface area (Å²) >= 11 is 3.21. The number of allylic oxidation sites excluding steroid dienone is 1. The first-order valence-corrected chi connectivity index (χ1v) is 9.56. The fraction of sp³-hybridized carbons (Fsp3) is 0.250. The number of carbonyl (C=O) groups is 1. The highest BCUT2D eigenvalue weighted by atomic mass is 79.9. The lowest BCUT2D eigenvalue weighted by atomic mass is 10.2. The van der Waals surface area contributed by atoms with Crippen LogP contribution < -0.4 is 15.7 Å². The number of aromatic nitrogens is 1. The van der Waals surface area contributed by atoms with Crippen LogP contribution in [-0.4, -0.2) is 35.3 Å². The average molecular weight is 483 g/mol. The minimum absolute atomic E-state index is 0.0628. The molecule has 0 aliphatic rings. The zero-order chi connectivity index (χ0) is 22.4. The number of nitrogens with one attached hydrogen (secondary N) is 1. The van der Waals surface area contributed by atoms with Gasteiger partial charge in [-0.1, -0.05) is 6.58 Å². The molecule has 0 saturated carbocycles. The molecule has 30 heavy (non-hydrogen) atoms. The van der Waals surface area contributed by atoms with Gasteiger partial charge >= 0.3 is 6.03 Å². The van der Waals surface area contributed by atoms with E-state index in [1.807, 2.05) is 0 Å².